The summed E-state index contributed by atoms with van der Waals surface area (Å²) >= 11 is 7.93. The van der Waals surface area contributed by atoms with Gasteiger partial charge in [0, 0.05) is 30.4 Å². The Balaban J connectivity index is 2.43. The zero-order chi connectivity index (χ0) is 15.5. The van der Waals surface area contributed by atoms with Crippen LogP contribution in [0.1, 0.15) is 17.5 Å². The lowest BCUT2D eigenvalue weighted by Gasteiger charge is -2.22. The molecule has 0 amide bonds. The van der Waals surface area contributed by atoms with Crippen LogP contribution >= 0.6 is 23.4 Å². The van der Waals surface area contributed by atoms with E-state index in [-0.39, 0.29) is 0 Å². The fraction of sp³-hybridized carbons (Fsp3) is 0.571. The number of nitrogens with one attached hydrogen (secondary N) is 1. The number of halogens is 1. The number of benzene rings is 1. The average molecular weight is 349 g/mol. The van der Waals surface area contributed by atoms with Crippen molar-refractivity contribution in [2.24, 2.45) is 0 Å². The van der Waals surface area contributed by atoms with Crippen LogP contribution in [0.2, 0.25) is 5.02 Å². The molecule has 2 rings (SSSR count). The minimum atomic E-state index is -3.47. The third kappa shape index (κ3) is 3.93. The summed E-state index contributed by atoms with van der Waals surface area (Å²) in [6, 6.07) is 3.40. The molecular weight excluding hydrogens is 328 g/mol. The number of thioether (sulfide) groups is 1. The zero-order valence-electron chi connectivity index (χ0n) is 12.4. The lowest BCUT2D eigenvalue weighted by Crippen LogP contribution is -2.33. The van der Waals surface area contributed by atoms with Crippen LogP contribution in [0.3, 0.4) is 0 Å². The van der Waals surface area contributed by atoms with E-state index in [0.717, 1.165) is 29.1 Å². The van der Waals surface area contributed by atoms with E-state index >= 15 is 0 Å². The van der Waals surface area contributed by atoms with Crippen molar-refractivity contribution in [3.8, 4) is 0 Å². The average Bonchev–Trinajstić information content (AvgIpc) is 2.72. The molecule has 1 saturated heterocycles. The molecule has 0 atom stereocenters. The predicted octanol–water partition coefficient (Wildman–Crippen LogP) is 2.50. The third-order valence-corrected chi connectivity index (χ3v) is 6.89. The Morgan fingerprint density at radius 2 is 2.10 bits per heavy atom. The van der Waals surface area contributed by atoms with E-state index in [2.05, 4.69) is 5.32 Å². The molecule has 1 aliphatic heterocycles. The van der Waals surface area contributed by atoms with Gasteiger partial charge in [-0.2, -0.15) is 16.1 Å². The molecular formula is C14H21ClN2O2S2. The minimum Gasteiger partial charge on any atom is -0.316 e. The van der Waals surface area contributed by atoms with Crippen LogP contribution in [-0.2, 0) is 16.6 Å². The van der Waals surface area contributed by atoms with Crippen molar-refractivity contribution in [1.82, 2.24) is 9.62 Å². The standard InChI is InChI=1S/C14H21ClN2O2S2/c1-11-12(10-16-2)8-13(15)9-14(11)21(18,19)17-4-3-6-20-7-5-17/h8-9,16H,3-7,10H2,1-2H3. The number of sulfonamides is 1. The lowest BCUT2D eigenvalue weighted by atomic mass is 10.1. The number of nitrogens with zero attached hydrogens (tertiary/aromatic N) is 1. The summed E-state index contributed by atoms with van der Waals surface area (Å²) < 4.78 is 27.4. The van der Waals surface area contributed by atoms with Gasteiger partial charge in [-0.3, -0.25) is 0 Å². The molecule has 1 fully saturated rings. The van der Waals surface area contributed by atoms with Crippen molar-refractivity contribution >= 4 is 33.4 Å². The topological polar surface area (TPSA) is 49.4 Å². The highest BCUT2D eigenvalue weighted by atomic mass is 35.5. The van der Waals surface area contributed by atoms with E-state index in [1.165, 1.54) is 0 Å². The first-order chi connectivity index (χ1) is 9.96. The highest BCUT2D eigenvalue weighted by Gasteiger charge is 2.27. The monoisotopic (exact) mass is 348 g/mol. The molecule has 1 aromatic carbocycles. The van der Waals surface area contributed by atoms with E-state index < -0.39 is 10.0 Å². The Morgan fingerprint density at radius 1 is 1.33 bits per heavy atom. The van der Waals surface area contributed by atoms with Crippen molar-refractivity contribution in [2.75, 3.05) is 31.6 Å². The summed E-state index contributed by atoms with van der Waals surface area (Å²) in [6.45, 7) is 3.61. The summed E-state index contributed by atoms with van der Waals surface area (Å²) in [4.78, 5) is 0.340. The molecule has 4 nitrogen and oxygen atoms in total. The highest BCUT2D eigenvalue weighted by molar-refractivity contribution is 7.99. The molecule has 0 radical (unpaired) electrons. The van der Waals surface area contributed by atoms with Gasteiger partial charge in [-0.1, -0.05) is 11.6 Å². The number of rotatable bonds is 4. The first-order valence-corrected chi connectivity index (χ1v) is 9.95. The molecule has 0 unspecified atom stereocenters. The minimum absolute atomic E-state index is 0.340. The normalized spacial score (nSPS) is 17.7. The summed E-state index contributed by atoms with van der Waals surface area (Å²) in [5.74, 6) is 1.87. The van der Waals surface area contributed by atoms with Gasteiger partial charge in [0.25, 0.3) is 0 Å². The van der Waals surface area contributed by atoms with Crippen LogP contribution in [-0.4, -0.2) is 44.4 Å². The molecule has 21 heavy (non-hydrogen) atoms. The van der Waals surface area contributed by atoms with Crippen LogP contribution < -0.4 is 5.32 Å². The van der Waals surface area contributed by atoms with Crippen LogP contribution in [0.4, 0.5) is 0 Å². The zero-order valence-corrected chi connectivity index (χ0v) is 14.7. The molecule has 1 N–H and O–H groups in total. The van der Waals surface area contributed by atoms with Crippen molar-refractivity contribution in [2.45, 2.75) is 24.8 Å². The van der Waals surface area contributed by atoms with E-state index in [4.69, 9.17) is 11.6 Å². The maximum Gasteiger partial charge on any atom is 0.243 e. The fourth-order valence-corrected chi connectivity index (χ4v) is 5.53. The Bertz CT molecular complexity index is 597. The maximum atomic E-state index is 12.9. The molecule has 0 spiro atoms. The second-order valence-electron chi connectivity index (χ2n) is 5.09. The van der Waals surface area contributed by atoms with E-state index in [1.54, 1.807) is 10.4 Å². The predicted molar refractivity (Wildman–Crippen MR) is 89.7 cm³/mol. The second-order valence-corrected chi connectivity index (χ2v) is 8.66. The molecule has 1 heterocycles. The fourth-order valence-electron chi connectivity index (χ4n) is 2.45. The Labute approximate surface area is 136 Å². The summed E-state index contributed by atoms with van der Waals surface area (Å²) in [7, 11) is -1.64. The van der Waals surface area contributed by atoms with Gasteiger partial charge >= 0.3 is 0 Å². The van der Waals surface area contributed by atoms with Gasteiger partial charge in [0.15, 0.2) is 0 Å². The largest absolute Gasteiger partial charge is 0.316 e. The van der Waals surface area contributed by atoms with Crippen molar-refractivity contribution in [3.63, 3.8) is 0 Å². The van der Waals surface area contributed by atoms with Crippen LogP contribution in [0.25, 0.3) is 0 Å². The van der Waals surface area contributed by atoms with Gasteiger partial charge in [-0.05, 0) is 49.4 Å². The molecule has 0 aliphatic carbocycles. The lowest BCUT2D eigenvalue weighted by molar-refractivity contribution is 0.434. The molecule has 118 valence electrons. The van der Waals surface area contributed by atoms with Crippen molar-refractivity contribution < 1.29 is 8.42 Å². The summed E-state index contributed by atoms with van der Waals surface area (Å²) in [5.41, 5.74) is 1.71. The van der Waals surface area contributed by atoms with E-state index in [0.29, 0.717) is 29.6 Å². The molecule has 1 aliphatic rings. The Morgan fingerprint density at radius 3 is 2.81 bits per heavy atom. The SMILES string of the molecule is CNCc1cc(Cl)cc(S(=O)(=O)N2CCCSCC2)c1C. The smallest absolute Gasteiger partial charge is 0.243 e. The first-order valence-electron chi connectivity index (χ1n) is 6.98. The van der Waals surface area contributed by atoms with Crippen molar-refractivity contribution in [1.29, 1.82) is 0 Å². The summed E-state index contributed by atoms with van der Waals surface area (Å²) in [5, 5.41) is 3.52. The maximum absolute atomic E-state index is 12.9. The van der Waals surface area contributed by atoms with Gasteiger partial charge in [0.2, 0.25) is 10.0 Å². The van der Waals surface area contributed by atoms with E-state index in [1.807, 2.05) is 31.8 Å². The van der Waals surface area contributed by atoms with Gasteiger partial charge in [-0.15, -0.1) is 0 Å². The Kier molecular flexibility index (Phi) is 5.96. The highest BCUT2D eigenvalue weighted by Crippen LogP contribution is 2.28. The molecule has 1 aromatic rings. The number of hydrogen-bond acceptors (Lipinski definition) is 4. The number of hydrogen-bond donors (Lipinski definition) is 1. The second kappa shape index (κ2) is 7.33. The van der Waals surface area contributed by atoms with Crippen LogP contribution in [0.15, 0.2) is 17.0 Å². The van der Waals surface area contributed by atoms with Gasteiger partial charge in [-0.25, -0.2) is 8.42 Å². The molecule has 7 heteroatoms. The summed E-state index contributed by atoms with van der Waals surface area (Å²) in [6.07, 6.45) is 0.896. The van der Waals surface area contributed by atoms with Gasteiger partial charge in [0.05, 0.1) is 4.90 Å². The van der Waals surface area contributed by atoms with Crippen LogP contribution in [0.5, 0.6) is 0 Å². The van der Waals surface area contributed by atoms with Crippen LogP contribution in [0, 0.1) is 6.92 Å². The van der Waals surface area contributed by atoms with E-state index in [9.17, 15) is 8.42 Å². The molecule has 0 aromatic heterocycles. The molecule has 0 saturated carbocycles. The van der Waals surface area contributed by atoms with Gasteiger partial charge in [0.1, 0.15) is 0 Å². The van der Waals surface area contributed by atoms with Crippen molar-refractivity contribution in [3.05, 3.63) is 28.3 Å². The Hall–Kier alpha value is -0.270. The molecule has 0 bridgehead atoms. The quantitative estimate of drug-likeness (QED) is 0.908. The van der Waals surface area contributed by atoms with Gasteiger partial charge < -0.3 is 5.32 Å². The third-order valence-electron chi connectivity index (χ3n) is 3.60. The first kappa shape index (κ1) is 17.1.